The molecule has 0 fully saturated rings. The maximum atomic E-state index is 5.81. The highest BCUT2D eigenvalue weighted by Crippen LogP contribution is 2.26. The molecule has 0 radical (unpaired) electrons. The molecule has 0 aliphatic carbocycles. The molecule has 0 aliphatic heterocycles. The fraction of sp³-hybridized carbons (Fsp3) is 0.214. The summed E-state index contributed by atoms with van der Waals surface area (Å²) in [6, 6.07) is 7.90. The zero-order chi connectivity index (χ0) is 13.9. The van der Waals surface area contributed by atoms with Gasteiger partial charge in [-0.1, -0.05) is 12.1 Å². The largest absolute Gasteiger partial charge is 0.438 e. The Morgan fingerprint density at radius 3 is 2.75 bits per heavy atom. The minimum absolute atomic E-state index is 0.518. The van der Waals surface area contributed by atoms with Crippen LogP contribution in [0.3, 0.4) is 0 Å². The molecule has 6 nitrogen and oxygen atoms in total. The first kappa shape index (κ1) is 12.6. The summed E-state index contributed by atoms with van der Waals surface area (Å²) in [7, 11) is 3.76. The van der Waals surface area contributed by atoms with Gasteiger partial charge in [0.2, 0.25) is 5.88 Å². The van der Waals surface area contributed by atoms with Crippen molar-refractivity contribution in [3.8, 4) is 11.6 Å². The van der Waals surface area contributed by atoms with Crippen LogP contribution < -0.4 is 10.1 Å². The number of nitrogens with one attached hydrogen (secondary N) is 1. The second kappa shape index (κ2) is 5.26. The summed E-state index contributed by atoms with van der Waals surface area (Å²) in [6.07, 6.45) is 3.19. The van der Waals surface area contributed by atoms with E-state index in [1.54, 1.807) is 10.9 Å². The number of benzene rings is 1. The molecule has 0 bridgehead atoms. The minimum Gasteiger partial charge on any atom is -0.438 e. The molecule has 0 unspecified atom stereocenters. The van der Waals surface area contributed by atoms with Crippen LogP contribution in [0.1, 0.15) is 5.56 Å². The van der Waals surface area contributed by atoms with Crippen LogP contribution in [-0.4, -0.2) is 26.8 Å². The van der Waals surface area contributed by atoms with Crippen molar-refractivity contribution in [2.45, 2.75) is 6.54 Å². The molecule has 0 saturated carbocycles. The lowest BCUT2D eigenvalue weighted by molar-refractivity contribution is 0.468. The molecule has 0 spiro atoms. The number of aryl methyl sites for hydroxylation is 1. The van der Waals surface area contributed by atoms with Crippen LogP contribution in [-0.2, 0) is 13.6 Å². The van der Waals surface area contributed by atoms with Crippen LogP contribution in [0.2, 0.25) is 0 Å². The number of rotatable bonds is 4. The summed E-state index contributed by atoms with van der Waals surface area (Å²) in [6.45, 7) is 0.834. The average Bonchev–Trinajstić information content (AvgIpc) is 2.84. The van der Waals surface area contributed by atoms with E-state index >= 15 is 0 Å². The van der Waals surface area contributed by atoms with Crippen LogP contribution in [0.25, 0.3) is 11.0 Å². The molecule has 0 saturated heterocycles. The fourth-order valence-electron chi connectivity index (χ4n) is 2.01. The van der Waals surface area contributed by atoms with Gasteiger partial charge in [0.25, 0.3) is 0 Å². The molecule has 6 heteroatoms. The van der Waals surface area contributed by atoms with Gasteiger partial charge in [0, 0.05) is 13.6 Å². The van der Waals surface area contributed by atoms with Crippen molar-refractivity contribution in [1.29, 1.82) is 0 Å². The van der Waals surface area contributed by atoms with Crippen LogP contribution in [0.4, 0.5) is 0 Å². The summed E-state index contributed by atoms with van der Waals surface area (Å²) in [4.78, 5) is 8.36. The normalized spacial score (nSPS) is 10.9. The number of ether oxygens (including phenoxy) is 1. The maximum Gasteiger partial charge on any atom is 0.233 e. The lowest BCUT2D eigenvalue weighted by Crippen LogP contribution is -2.04. The molecule has 0 amide bonds. The second-order valence-corrected chi connectivity index (χ2v) is 4.46. The van der Waals surface area contributed by atoms with Gasteiger partial charge in [-0.15, -0.1) is 0 Å². The molecule has 3 rings (SSSR count). The van der Waals surface area contributed by atoms with Gasteiger partial charge in [-0.2, -0.15) is 5.10 Å². The van der Waals surface area contributed by atoms with Crippen molar-refractivity contribution in [1.82, 2.24) is 25.1 Å². The van der Waals surface area contributed by atoms with Crippen molar-refractivity contribution in [2.24, 2.45) is 7.05 Å². The SMILES string of the molecule is CNCc1ccc(Oc2ncnc3c2cnn3C)cc1. The minimum atomic E-state index is 0.518. The topological polar surface area (TPSA) is 64.9 Å². The summed E-state index contributed by atoms with van der Waals surface area (Å²) < 4.78 is 7.51. The number of nitrogens with zero attached hydrogens (tertiary/aromatic N) is 4. The highest BCUT2D eigenvalue weighted by atomic mass is 16.5. The monoisotopic (exact) mass is 269 g/mol. The highest BCUT2D eigenvalue weighted by molar-refractivity contribution is 5.79. The van der Waals surface area contributed by atoms with Crippen molar-refractivity contribution in [2.75, 3.05) is 7.05 Å². The van der Waals surface area contributed by atoms with Crippen molar-refractivity contribution < 1.29 is 4.74 Å². The Morgan fingerprint density at radius 1 is 1.20 bits per heavy atom. The number of hydrogen-bond acceptors (Lipinski definition) is 5. The molecule has 1 N–H and O–H groups in total. The zero-order valence-electron chi connectivity index (χ0n) is 11.4. The molecule has 2 aromatic heterocycles. The summed E-state index contributed by atoms with van der Waals surface area (Å²) in [5.41, 5.74) is 1.95. The van der Waals surface area contributed by atoms with Gasteiger partial charge in [0.1, 0.15) is 17.5 Å². The highest BCUT2D eigenvalue weighted by Gasteiger charge is 2.09. The summed E-state index contributed by atoms with van der Waals surface area (Å²) >= 11 is 0. The Labute approximate surface area is 116 Å². The molecular formula is C14H15N5O. The van der Waals surface area contributed by atoms with E-state index in [2.05, 4.69) is 20.4 Å². The van der Waals surface area contributed by atoms with E-state index in [-0.39, 0.29) is 0 Å². The van der Waals surface area contributed by atoms with E-state index in [0.29, 0.717) is 5.88 Å². The lowest BCUT2D eigenvalue weighted by atomic mass is 10.2. The van der Waals surface area contributed by atoms with Gasteiger partial charge in [0.05, 0.1) is 6.20 Å². The lowest BCUT2D eigenvalue weighted by Gasteiger charge is -2.06. The van der Waals surface area contributed by atoms with Crippen molar-refractivity contribution in [3.05, 3.63) is 42.4 Å². The smallest absolute Gasteiger partial charge is 0.233 e. The molecule has 102 valence electrons. The first-order valence-electron chi connectivity index (χ1n) is 6.32. The van der Waals surface area contributed by atoms with E-state index in [9.17, 15) is 0 Å². The summed E-state index contributed by atoms with van der Waals surface area (Å²) in [5.74, 6) is 1.26. The molecule has 20 heavy (non-hydrogen) atoms. The van der Waals surface area contributed by atoms with Gasteiger partial charge in [-0.25, -0.2) is 9.97 Å². The van der Waals surface area contributed by atoms with E-state index < -0.39 is 0 Å². The van der Waals surface area contributed by atoms with Crippen molar-refractivity contribution in [3.63, 3.8) is 0 Å². The number of fused-ring (bicyclic) bond motifs is 1. The molecular weight excluding hydrogens is 254 g/mol. The third-order valence-corrected chi connectivity index (χ3v) is 3.01. The fourth-order valence-corrected chi connectivity index (χ4v) is 2.01. The van der Waals surface area contributed by atoms with E-state index in [0.717, 1.165) is 23.3 Å². The third kappa shape index (κ3) is 2.33. The standard InChI is InChI=1S/C14H15N5O/c1-15-7-10-3-5-11(6-4-10)20-14-12-8-18-19(2)13(12)16-9-17-14/h3-6,8-9,15H,7H2,1-2H3. The molecule has 0 aliphatic rings. The number of hydrogen-bond donors (Lipinski definition) is 1. The van der Waals surface area contributed by atoms with E-state index in [1.807, 2.05) is 38.4 Å². The molecule has 1 aromatic carbocycles. The zero-order valence-corrected chi connectivity index (χ0v) is 11.4. The first-order chi connectivity index (χ1) is 9.78. The van der Waals surface area contributed by atoms with Crippen molar-refractivity contribution >= 4 is 11.0 Å². The van der Waals surface area contributed by atoms with E-state index in [4.69, 9.17) is 4.74 Å². The molecule has 2 heterocycles. The van der Waals surface area contributed by atoms with Crippen LogP contribution >= 0.6 is 0 Å². The second-order valence-electron chi connectivity index (χ2n) is 4.46. The quantitative estimate of drug-likeness (QED) is 0.783. The summed E-state index contributed by atoms with van der Waals surface area (Å²) in [5, 5.41) is 8.07. The average molecular weight is 269 g/mol. The molecule has 0 atom stereocenters. The predicted molar refractivity (Wildman–Crippen MR) is 75.6 cm³/mol. The van der Waals surface area contributed by atoms with Gasteiger partial charge >= 0.3 is 0 Å². The van der Waals surface area contributed by atoms with E-state index in [1.165, 1.54) is 11.9 Å². The Balaban J connectivity index is 1.89. The van der Waals surface area contributed by atoms with Gasteiger partial charge in [0.15, 0.2) is 5.65 Å². The Morgan fingerprint density at radius 2 is 2.00 bits per heavy atom. The maximum absolute atomic E-state index is 5.81. The Kier molecular flexibility index (Phi) is 3.30. The van der Waals surface area contributed by atoms with Gasteiger partial charge in [-0.3, -0.25) is 4.68 Å². The van der Waals surface area contributed by atoms with Crippen LogP contribution in [0, 0.1) is 0 Å². The van der Waals surface area contributed by atoms with Gasteiger partial charge in [-0.05, 0) is 24.7 Å². The first-order valence-corrected chi connectivity index (χ1v) is 6.32. The Bertz CT molecular complexity index is 720. The number of aromatic nitrogens is 4. The predicted octanol–water partition coefficient (Wildman–Crippen LogP) is 1.87. The van der Waals surface area contributed by atoms with Crippen LogP contribution in [0.15, 0.2) is 36.8 Å². The van der Waals surface area contributed by atoms with Gasteiger partial charge < -0.3 is 10.1 Å². The van der Waals surface area contributed by atoms with Crippen LogP contribution in [0.5, 0.6) is 11.6 Å². The Hall–Kier alpha value is -2.47. The third-order valence-electron chi connectivity index (χ3n) is 3.01. The molecule has 3 aromatic rings.